The third-order valence-corrected chi connectivity index (χ3v) is 3.52. The summed E-state index contributed by atoms with van der Waals surface area (Å²) in [6, 6.07) is 18.3. The maximum absolute atomic E-state index is 5.84. The molecule has 0 saturated carbocycles. The van der Waals surface area contributed by atoms with Crippen LogP contribution < -0.4 is 11.1 Å². The zero-order valence-electron chi connectivity index (χ0n) is 14.1. The van der Waals surface area contributed by atoms with E-state index in [0.29, 0.717) is 38.9 Å². The van der Waals surface area contributed by atoms with Gasteiger partial charge in [-0.2, -0.15) is 0 Å². The number of nitrogens with two attached hydrogens (primary N) is 1. The van der Waals surface area contributed by atoms with Gasteiger partial charge in [-0.3, -0.25) is 0 Å². The third kappa shape index (κ3) is 6.40. The molecule has 2 rings (SSSR count). The summed E-state index contributed by atoms with van der Waals surface area (Å²) >= 11 is 0. The van der Waals surface area contributed by atoms with Crippen LogP contribution in [0.3, 0.4) is 0 Å². The Bertz CT molecular complexity index is 630. The van der Waals surface area contributed by atoms with Gasteiger partial charge in [0.1, 0.15) is 0 Å². The van der Waals surface area contributed by atoms with Gasteiger partial charge in [0.05, 0.1) is 26.4 Å². The summed E-state index contributed by atoms with van der Waals surface area (Å²) < 4.78 is 10.8. The quantitative estimate of drug-likeness (QED) is 0.422. The van der Waals surface area contributed by atoms with Crippen LogP contribution in [0.25, 0.3) is 0 Å². The summed E-state index contributed by atoms with van der Waals surface area (Å²) in [6.45, 7) is 2.92. The van der Waals surface area contributed by atoms with E-state index in [4.69, 9.17) is 15.2 Å². The standard InChI is InChI=1S/C19H25N3O2/c1-23-12-11-21-19(20)22-13-17-9-5-6-10-18(17)15-24-14-16-7-3-2-4-8-16/h2-10H,11-15H2,1H3,(H3,20,21,22). The van der Waals surface area contributed by atoms with Crippen LogP contribution in [0.15, 0.2) is 59.6 Å². The molecule has 0 amide bonds. The summed E-state index contributed by atoms with van der Waals surface area (Å²) in [5.74, 6) is 0.423. The average Bonchev–Trinajstić information content (AvgIpc) is 2.62. The highest BCUT2D eigenvalue weighted by molar-refractivity contribution is 5.77. The van der Waals surface area contributed by atoms with Crippen molar-refractivity contribution in [3.05, 3.63) is 71.3 Å². The van der Waals surface area contributed by atoms with E-state index in [1.165, 1.54) is 5.56 Å². The van der Waals surface area contributed by atoms with Gasteiger partial charge in [0.25, 0.3) is 0 Å². The molecule has 0 heterocycles. The minimum atomic E-state index is 0.423. The molecule has 0 aromatic heterocycles. The molecule has 0 aliphatic rings. The molecule has 0 fully saturated rings. The van der Waals surface area contributed by atoms with Crippen LogP contribution in [0.5, 0.6) is 0 Å². The number of nitrogens with one attached hydrogen (secondary N) is 1. The van der Waals surface area contributed by atoms with E-state index in [2.05, 4.69) is 28.5 Å². The lowest BCUT2D eigenvalue weighted by molar-refractivity contribution is 0.106. The second kappa shape index (κ2) is 10.4. The minimum Gasteiger partial charge on any atom is -0.383 e. The summed E-state index contributed by atoms with van der Waals surface area (Å²) in [7, 11) is 1.65. The molecule has 0 saturated heterocycles. The molecular formula is C19H25N3O2. The van der Waals surface area contributed by atoms with Gasteiger partial charge in [-0.05, 0) is 16.7 Å². The Morgan fingerprint density at radius 2 is 1.71 bits per heavy atom. The van der Waals surface area contributed by atoms with Crippen molar-refractivity contribution < 1.29 is 9.47 Å². The zero-order chi connectivity index (χ0) is 17.0. The molecule has 2 aromatic rings. The number of nitrogens with zero attached hydrogens (tertiary/aromatic N) is 1. The molecule has 0 aliphatic heterocycles. The van der Waals surface area contributed by atoms with Crippen molar-refractivity contribution in [2.24, 2.45) is 10.7 Å². The van der Waals surface area contributed by atoms with Crippen molar-refractivity contribution in [3.8, 4) is 0 Å². The van der Waals surface area contributed by atoms with Gasteiger partial charge < -0.3 is 20.5 Å². The van der Waals surface area contributed by atoms with Crippen LogP contribution in [0.2, 0.25) is 0 Å². The van der Waals surface area contributed by atoms with Gasteiger partial charge >= 0.3 is 0 Å². The number of methoxy groups -OCH3 is 1. The largest absolute Gasteiger partial charge is 0.383 e. The molecule has 0 unspecified atom stereocenters. The lowest BCUT2D eigenvalue weighted by Gasteiger charge is -2.10. The van der Waals surface area contributed by atoms with E-state index in [-0.39, 0.29) is 0 Å². The number of hydrogen-bond donors (Lipinski definition) is 2. The summed E-state index contributed by atoms with van der Waals surface area (Å²) in [5, 5.41) is 3.01. The Morgan fingerprint density at radius 1 is 1.00 bits per heavy atom. The maximum atomic E-state index is 5.84. The fourth-order valence-electron chi connectivity index (χ4n) is 2.21. The fraction of sp³-hybridized carbons (Fsp3) is 0.316. The number of hydrogen-bond acceptors (Lipinski definition) is 3. The molecule has 0 atom stereocenters. The van der Waals surface area contributed by atoms with Gasteiger partial charge in [0.2, 0.25) is 0 Å². The van der Waals surface area contributed by atoms with Crippen molar-refractivity contribution in [2.75, 3.05) is 20.3 Å². The van der Waals surface area contributed by atoms with Gasteiger partial charge in [-0.25, -0.2) is 4.99 Å². The van der Waals surface area contributed by atoms with E-state index < -0.39 is 0 Å². The number of guanidine groups is 1. The monoisotopic (exact) mass is 327 g/mol. The Morgan fingerprint density at radius 3 is 2.46 bits per heavy atom. The SMILES string of the molecule is COCCNC(N)=NCc1ccccc1COCc1ccccc1. The van der Waals surface area contributed by atoms with Crippen LogP contribution in [0, 0.1) is 0 Å². The second-order valence-electron chi connectivity index (χ2n) is 5.37. The third-order valence-electron chi connectivity index (χ3n) is 3.52. The molecule has 3 N–H and O–H groups in total. The molecule has 5 heteroatoms. The van der Waals surface area contributed by atoms with Crippen LogP contribution in [-0.4, -0.2) is 26.2 Å². The minimum absolute atomic E-state index is 0.423. The summed E-state index contributed by atoms with van der Waals surface area (Å²) in [5.41, 5.74) is 9.25. The van der Waals surface area contributed by atoms with Crippen molar-refractivity contribution in [1.29, 1.82) is 0 Å². The first-order valence-corrected chi connectivity index (χ1v) is 8.01. The van der Waals surface area contributed by atoms with Crippen LogP contribution in [-0.2, 0) is 29.2 Å². The van der Waals surface area contributed by atoms with Gasteiger partial charge in [0.15, 0.2) is 5.96 Å². The molecule has 0 aliphatic carbocycles. The molecule has 0 radical (unpaired) electrons. The molecule has 24 heavy (non-hydrogen) atoms. The van der Waals surface area contributed by atoms with E-state index in [9.17, 15) is 0 Å². The zero-order valence-corrected chi connectivity index (χ0v) is 14.1. The van der Waals surface area contributed by atoms with Crippen LogP contribution >= 0.6 is 0 Å². The highest BCUT2D eigenvalue weighted by Crippen LogP contribution is 2.12. The molecule has 0 bridgehead atoms. The average molecular weight is 327 g/mol. The highest BCUT2D eigenvalue weighted by Gasteiger charge is 2.02. The van der Waals surface area contributed by atoms with Gasteiger partial charge in [-0.15, -0.1) is 0 Å². The van der Waals surface area contributed by atoms with Crippen LogP contribution in [0.1, 0.15) is 16.7 Å². The smallest absolute Gasteiger partial charge is 0.188 e. The molecule has 2 aromatic carbocycles. The lowest BCUT2D eigenvalue weighted by atomic mass is 10.1. The van der Waals surface area contributed by atoms with Gasteiger partial charge in [0, 0.05) is 13.7 Å². The predicted molar refractivity (Wildman–Crippen MR) is 96.6 cm³/mol. The first kappa shape index (κ1) is 18.0. The van der Waals surface area contributed by atoms with Crippen molar-refractivity contribution >= 4 is 5.96 Å². The van der Waals surface area contributed by atoms with Gasteiger partial charge in [-0.1, -0.05) is 54.6 Å². The number of rotatable bonds is 9. The first-order chi connectivity index (χ1) is 11.8. The molecular weight excluding hydrogens is 302 g/mol. The van der Waals surface area contributed by atoms with Crippen molar-refractivity contribution in [1.82, 2.24) is 5.32 Å². The second-order valence-corrected chi connectivity index (χ2v) is 5.37. The van der Waals surface area contributed by atoms with E-state index in [1.54, 1.807) is 7.11 Å². The topological polar surface area (TPSA) is 68.9 Å². The molecule has 128 valence electrons. The number of ether oxygens (including phenoxy) is 2. The summed E-state index contributed by atoms with van der Waals surface area (Å²) in [4.78, 5) is 4.37. The summed E-state index contributed by atoms with van der Waals surface area (Å²) in [6.07, 6.45) is 0. The van der Waals surface area contributed by atoms with E-state index >= 15 is 0 Å². The maximum Gasteiger partial charge on any atom is 0.188 e. The van der Waals surface area contributed by atoms with Crippen molar-refractivity contribution in [2.45, 2.75) is 19.8 Å². The number of benzene rings is 2. The van der Waals surface area contributed by atoms with E-state index in [1.807, 2.05) is 36.4 Å². The van der Waals surface area contributed by atoms with E-state index in [0.717, 1.165) is 11.1 Å². The Balaban J connectivity index is 1.86. The number of aliphatic imine (C=N–C) groups is 1. The Kier molecular flexibility index (Phi) is 7.80. The first-order valence-electron chi connectivity index (χ1n) is 8.01. The van der Waals surface area contributed by atoms with Crippen LogP contribution in [0.4, 0.5) is 0 Å². The molecule has 0 spiro atoms. The van der Waals surface area contributed by atoms with Crippen molar-refractivity contribution in [3.63, 3.8) is 0 Å². The fourth-order valence-corrected chi connectivity index (χ4v) is 2.21. The normalized spacial score (nSPS) is 11.5. The highest BCUT2D eigenvalue weighted by atomic mass is 16.5. The molecule has 5 nitrogen and oxygen atoms in total. The predicted octanol–water partition coefficient (Wildman–Crippen LogP) is 2.45. The Hall–Kier alpha value is -2.37. The lowest BCUT2D eigenvalue weighted by Crippen LogP contribution is -2.34. The Labute approximate surface area is 143 Å².